The summed E-state index contributed by atoms with van der Waals surface area (Å²) in [5.74, 6) is 1.48. The van der Waals surface area contributed by atoms with Gasteiger partial charge < -0.3 is 35.0 Å². The Labute approximate surface area is 656 Å². The first kappa shape index (κ1) is 74.9. The normalized spacial score (nSPS) is 18.8. The average Bonchev–Trinajstić information content (AvgIpc) is 1.59. The molecule has 0 unspecified atom stereocenters. The Morgan fingerprint density at radius 1 is 0.360 bits per heavy atom. The minimum absolute atomic E-state index is 0.0231. The molecule has 20 rings (SSSR count). The standard InChI is InChI=1S/2C29H32F2N8.C26H28F2N8/c2*1-29(2)8-7-25-35-27-21(30)13-19(14-23(27)39(25)29)26-22(31)16-33-28(36-26)34-24-6-3-18(15-32-24)17-37-9-11-38(12-10-37)20-4-5-20;1-26(2)6-5-22-33-24-18(27)11-17(12-20(24)36(22)26)23-19(28)14-31-25(34-23)32-21-4-3-16(13-30-21)15-35-9-7-29-8-10-35/h2*3,6,13-16,20H,4-5,7-12,17H2,1-2H3,(H,32,33,34,36);3-4,11-14,29H,5-10,15H2,1-2H3,(H,30,31,32,34). The monoisotopic (exact) mass is 1550 g/mol. The van der Waals surface area contributed by atoms with Gasteiger partial charge in [0.15, 0.2) is 34.9 Å². The summed E-state index contributed by atoms with van der Waals surface area (Å²) >= 11 is 0. The molecule has 8 aliphatic rings. The van der Waals surface area contributed by atoms with Crippen molar-refractivity contribution in [2.24, 2.45) is 0 Å². The Balaban J connectivity index is 0.000000119. The van der Waals surface area contributed by atoms with Gasteiger partial charge in [-0.2, -0.15) is 0 Å². The summed E-state index contributed by atoms with van der Waals surface area (Å²) in [6.45, 7) is 28.1. The molecule has 3 saturated heterocycles. The first-order valence-electron chi connectivity index (χ1n) is 39.8. The van der Waals surface area contributed by atoms with E-state index >= 15 is 13.2 Å². The van der Waals surface area contributed by atoms with Crippen LogP contribution in [-0.2, 0) is 55.5 Å². The van der Waals surface area contributed by atoms with Crippen molar-refractivity contribution in [1.82, 2.24) is 103 Å². The molecule has 4 N–H and O–H groups in total. The number of pyridine rings is 3. The van der Waals surface area contributed by atoms with Crippen molar-refractivity contribution in [3.63, 3.8) is 0 Å². The van der Waals surface area contributed by atoms with Gasteiger partial charge in [-0.1, -0.05) is 18.2 Å². The Morgan fingerprint density at radius 3 is 0.956 bits per heavy atom. The number of imidazole rings is 3. The van der Waals surface area contributed by atoms with Crippen molar-refractivity contribution >= 4 is 68.4 Å². The third kappa shape index (κ3) is 15.6. The molecule has 0 bridgehead atoms. The van der Waals surface area contributed by atoms with Crippen LogP contribution in [0.25, 0.3) is 66.9 Å². The first-order valence-corrected chi connectivity index (χ1v) is 39.8. The predicted molar refractivity (Wildman–Crippen MR) is 425 cm³/mol. The van der Waals surface area contributed by atoms with Crippen molar-refractivity contribution in [3.8, 4) is 33.8 Å². The van der Waals surface area contributed by atoms with Crippen LogP contribution < -0.4 is 21.3 Å². The van der Waals surface area contributed by atoms with Crippen LogP contribution in [0.2, 0.25) is 0 Å². The molecule has 0 atom stereocenters. The summed E-state index contributed by atoms with van der Waals surface area (Å²) in [5, 5.41) is 12.5. The molecular formula is C84H92F6N24. The van der Waals surface area contributed by atoms with E-state index in [2.05, 4.69) is 161 Å². The Bertz CT molecular complexity index is 5350. The topological polar surface area (TPSA) is 234 Å². The number of nitrogens with zero attached hydrogens (tertiary/aromatic N) is 20. The van der Waals surface area contributed by atoms with E-state index in [9.17, 15) is 13.2 Å². The van der Waals surface area contributed by atoms with Crippen LogP contribution >= 0.6 is 0 Å². The van der Waals surface area contributed by atoms with E-state index in [1.807, 2.05) is 55.0 Å². The highest BCUT2D eigenvalue weighted by molar-refractivity contribution is 5.86. The fourth-order valence-electron chi connectivity index (χ4n) is 17.2. The zero-order chi connectivity index (χ0) is 78.3. The molecule has 5 fully saturated rings. The summed E-state index contributed by atoms with van der Waals surface area (Å²) in [5.41, 5.74) is 6.83. The van der Waals surface area contributed by atoms with Crippen molar-refractivity contribution in [3.05, 3.63) is 179 Å². The quantitative estimate of drug-likeness (QED) is 0.0620. The summed E-state index contributed by atoms with van der Waals surface area (Å²) in [6.07, 6.45) is 19.4. The summed E-state index contributed by atoms with van der Waals surface area (Å²) in [4.78, 5) is 65.0. The fourth-order valence-corrected chi connectivity index (χ4v) is 17.2. The van der Waals surface area contributed by atoms with Crippen LogP contribution in [0.15, 0.2) is 110 Å². The number of fused-ring (bicyclic) bond motifs is 9. The number of hydrogen-bond donors (Lipinski definition) is 4. The van der Waals surface area contributed by atoms with Crippen molar-refractivity contribution in [1.29, 1.82) is 0 Å². The van der Waals surface area contributed by atoms with E-state index in [0.717, 1.165) is 202 Å². The maximum atomic E-state index is 15.1. The molecule has 2 saturated carbocycles. The number of aromatic nitrogens is 15. The van der Waals surface area contributed by atoms with E-state index in [-0.39, 0.29) is 51.5 Å². The number of aryl methyl sites for hydroxylation is 3. The summed E-state index contributed by atoms with van der Waals surface area (Å²) in [7, 11) is 0. The summed E-state index contributed by atoms with van der Waals surface area (Å²) in [6, 6.07) is 22.5. The SMILES string of the molecule is CC1(C)CCc2nc3c(F)cc(-c4nc(Nc5ccc(CN6CCN(C7CC7)CC6)cn5)ncc4F)cc3n21.CC1(C)CCc2nc3c(F)cc(-c4nc(Nc5ccc(CN6CCN(C7CC7)CC6)cn5)ncc4F)cc3n21.CC1(C)CCc2nc3c(F)cc(-c4nc(Nc5ccc(CN6CCNCC6)cn5)ncc4F)cc3n21. The molecule has 114 heavy (non-hydrogen) atoms. The van der Waals surface area contributed by atoms with Gasteiger partial charge in [-0.25, -0.2) is 86.2 Å². The molecule has 24 nitrogen and oxygen atoms in total. The maximum absolute atomic E-state index is 15.1. The van der Waals surface area contributed by atoms with E-state index in [1.165, 1.54) is 43.9 Å². The molecule has 2 aliphatic carbocycles. The number of hydrogen-bond acceptors (Lipinski definition) is 21. The van der Waals surface area contributed by atoms with Gasteiger partial charge in [-0.05, 0) is 158 Å². The highest BCUT2D eigenvalue weighted by Gasteiger charge is 2.38. The van der Waals surface area contributed by atoms with Gasteiger partial charge in [0.1, 0.15) is 68.6 Å². The molecule has 0 amide bonds. The van der Waals surface area contributed by atoms with Crippen LogP contribution in [0.3, 0.4) is 0 Å². The maximum Gasteiger partial charge on any atom is 0.229 e. The Hall–Kier alpha value is -10.5. The third-order valence-electron chi connectivity index (χ3n) is 23.7. The van der Waals surface area contributed by atoms with Gasteiger partial charge in [0.05, 0.1) is 35.1 Å². The minimum atomic E-state index is -0.626. The zero-order valence-electron chi connectivity index (χ0n) is 64.9. The number of halogens is 6. The van der Waals surface area contributed by atoms with Crippen molar-refractivity contribution < 1.29 is 26.3 Å². The van der Waals surface area contributed by atoms with Crippen LogP contribution in [-0.4, -0.2) is 189 Å². The van der Waals surface area contributed by atoms with Gasteiger partial charge in [0, 0.05) is 181 Å². The molecule has 30 heteroatoms. The summed E-state index contributed by atoms with van der Waals surface area (Å²) < 4.78 is 96.1. The highest BCUT2D eigenvalue weighted by atomic mass is 19.1. The number of nitrogens with one attached hydrogen (secondary N) is 4. The number of piperazine rings is 3. The van der Waals surface area contributed by atoms with Gasteiger partial charge in [-0.15, -0.1) is 0 Å². The van der Waals surface area contributed by atoms with E-state index in [0.29, 0.717) is 67.2 Å². The number of benzene rings is 3. The molecular weight excluding hydrogens is 1460 g/mol. The van der Waals surface area contributed by atoms with Crippen molar-refractivity contribution in [2.45, 2.75) is 154 Å². The van der Waals surface area contributed by atoms with Gasteiger partial charge in [0.25, 0.3) is 0 Å². The molecule has 3 aromatic carbocycles. The number of anilines is 6. The smallest absolute Gasteiger partial charge is 0.229 e. The molecule has 0 radical (unpaired) electrons. The Kier molecular flexibility index (Phi) is 19.9. The first-order chi connectivity index (χ1) is 55.0. The molecule has 9 aromatic heterocycles. The van der Waals surface area contributed by atoms with Gasteiger partial charge >= 0.3 is 0 Å². The lowest BCUT2D eigenvalue weighted by Crippen LogP contribution is -2.46. The second kappa shape index (κ2) is 30.4. The lowest BCUT2D eigenvalue weighted by Gasteiger charge is -2.34. The molecule has 0 spiro atoms. The van der Waals surface area contributed by atoms with Crippen LogP contribution in [0.1, 0.15) is 121 Å². The van der Waals surface area contributed by atoms with Crippen LogP contribution in [0, 0.1) is 34.9 Å². The number of rotatable bonds is 17. The van der Waals surface area contributed by atoms with Crippen molar-refractivity contribution in [2.75, 3.05) is 94.5 Å². The van der Waals surface area contributed by atoms with Gasteiger partial charge in [0.2, 0.25) is 17.8 Å². The minimum Gasteiger partial charge on any atom is -0.322 e. The van der Waals surface area contributed by atoms with Crippen LogP contribution in [0.4, 0.5) is 61.6 Å². The third-order valence-corrected chi connectivity index (χ3v) is 23.7. The predicted octanol–water partition coefficient (Wildman–Crippen LogP) is 13.7. The fraction of sp³-hybridized carbons (Fsp3) is 0.429. The Morgan fingerprint density at radius 2 is 0.667 bits per heavy atom. The average molecular weight is 1550 g/mol. The second-order valence-electron chi connectivity index (χ2n) is 33.3. The molecule has 590 valence electrons. The van der Waals surface area contributed by atoms with E-state index in [4.69, 9.17) is 0 Å². The largest absolute Gasteiger partial charge is 0.322 e. The lowest BCUT2D eigenvalue weighted by atomic mass is 10.0. The second-order valence-corrected chi connectivity index (χ2v) is 33.3. The van der Waals surface area contributed by atoms with Gasteiger partial charge in [-0.3, -0.25) is 24.5 Å². The van der Waals surface area contributed by atoms with Crippen LogP contribution in [0.5, 0.6) is 0 Å². The highest BCUT2D eigenvalue weighted by Crippen LogP contribution is 2.42. The zero-order valence-corrected chi connectivity index (χ0v) is 64.9. The molecule has 6 aliphatic heterocycles. The lowest BCUT2D eigenvalue weighted by molar-refractivity contribution is 0.121. The van der Waals surface area contributed by atoms with E-state index in [1.54, 1.807) is 18.2 Å². The van der Waals surface area contributed by atoms with E-state index < -0.39 is 34.9 Å². The molecule has 12 aromatic rings. The molecule has 15 heterocycles.